The van der Waals surface area contributed by atoms with Crippen molar-refractivity contribution in [2.24, 2.45) is 0 Å². The van der Waals surface area contributed by atoms with Crippen LogP contribution >= 0.6 is 12.6 Å². The van der Waals surface area contributed by atoms with E-state index in [4.69, 9.17) is 4.74 Å². The Labute approximate surface area is 218 Å². The van der Waals surface area contributed by atoms with Gasteiger partial charge in [0.1, 0.15) is 24.2 Å². The summed E-state index contributed by atoms with van der Waals surface area (Å²) in [7, 11) is 0. The number of carbonyl (C=O) groups is 3. The van der Waals surface area contributed by atoms with Crippen LogP contribution in [0, 0.1) is 25.2 Å². The van der Waals surface area contributed by atoms with Crippen molar-refractivity contribution < 1.29 is 19.1 Å². The first-order chi connectivity index (χ1) is 17.0. The number of amides is 3. The molecule has 192 valence electrons. The topological polar surface area (TPSA) is 112 Å². The summed E-state index contributed by atoms with van der Waals surface area (Å²) in [6, 6.07) is 14.7. The van der Waals surface area contributed by atoms with E-state index in [1.807, 2.05) is 62.4 Å². The minimum absolute atomic E-state index is 0.0504. The minimum Gasteiger partial charge on any atom is -0.444 e. The monoisotopic (exact) mass is 510 g/mol. The second kappa shape index (κ2) is 13.0. The Bertz CT molecular complexity index is 1110. The molecule has 0 spiro atoms. The molecule has 0 heterocycles. The lowest BCUT2D eigenvalue weighted by Gasteiger charge is -2.33. The molecular weight excluding hydrogens is 476 g/mol. The number of hydrogen-bond acceptors (Lipinski definition) is 6. The quantitative estimate of drug-likeness (QED) is 0.351. The predicted octanol–water partition coefficient (Wildman–Crippen LogP) is 3.84. The summed E-state index contributed by atoms with van der Waals surface area (Å²) in [5.74, 6) is -1.10. The molecule has 36 heavy (non-hydrogen) atoms. The van der Waals surface area contributed by atoms with Gasteiger partial charge in [0.25, 0.3) is 0 Å². The van der Waals surface area contributed by atoms with Crippen molar-refractivity contribution in [3.63, 3.8) is 0 Å². The van der Waals surface area contributed by atoms with Crippen molar-refractivity contribution in [3.8, 4) is 6.07 Å². The Morgan fingerprint density at radius 2 is 1.78 bits per heavy atom. The second-order valence-corrected chi connectivity index (χ2v) is 9.84. The maximum absolute atomic E-state index is 13.6. The fourth-order valence-electron chi connectivity index (χ4n) is 3.67. The van der Waals surface area contributed by atoms with Crippen molar-refractivity contribution in [1.29, 1.82) is 5.26 Å². The number of thiol groups is 1. The van der Waals surface area contributed by atoms with Crippen LogP contribution in [0.4, 0.5) is 4.79 Å². The zero-order chi connectivity index (χ0) is 26.9. The Morgan fingerprint density at radius 1 is 1.11 bits per heavy atom. The van der Waals surface area contributed by atoms with E-state index in [2.05, 4.69) is 23.3 Å². The number of hydrogen-bond donors (Lipinski definition) is 3. The molecule has 0 aromatic heterocycles. The summed E-state index contributed by atoms with van der Waals surface area (Å²) < 4.78 is 5.27. The van der Waals surface area contributed by atoms with Crippen molar-refractivity contribution in [3.05, 3.63) is 70.8 Å². The maximum atomic E-state index is 13.6. The van der Waals surface area contributed by atoms with Gasteiger partial charge in [0.05, 0.1) is 6.07 Å². The van der Waals surface area contributed by atoms with E-state index in [0.29, 0.717) is 5.56 Å². The SMILES string of the molecule is Cc1ccc(C(C(=O)NCc2ccccc2)N(CC#N)C(=O)C(CS)NC(=O)OC(C)(C)C)c(C)c1. The summed E-state index contributed by atoms with van der Waals surface area (Å²) in [6.07, 6.45) is -0.789. The fourth-order valence-corrected chi connectivity index (χ4v) is 3.92. The summed E-state index contributed by atoms with van der Waals surface area (Å²) >= 11 is 4.23. The Morgan fingerprint density at radius 3 is 2.33 bits per heavy atom. The minimum atomic E-state index is -1.10. The first kappa shape index (κ1) is 28.7. The van der Waals surface area contributed by atoms with Gasteiger partial charge in [-0.2, -0.15) is 17.9 Å². The molecule has 0 fully saturated rings. The molecular formula is C27H34N4O4S. The average Bonchev–Trinajstić information content (AvgIpc) is 2.81. The van der Waals surface area contributed by atoms with Gasteiger partial charge in [-0.1, -0.05) is 54.1 Å². The number of carbonyl (C=O) groups excluding carboxylic acids is 3. The smallest absolute Gasteiger partial charge is 0.408 e. The van der Waals surface area contributed by atoms with E-state index in [0.717, 1.165) is 16.7 Å². The molecule has 0 saturated carbocycles. The van der Waals surface area contributed by atoms with Crippen LogP contribution in [0.2, 0.25) is 0 Å². The molecule has 0 aliphatic rings. The van der Waals surface area contributed by atoms with Gasteiger partial charge in [-0.3, -0.25) is 9.59 Å². The molecule has 2 rings (SSSR count). The number of alkyl carbamates (subject to hydrolysis) is 1. The van der Waals surface area contributed by atoms with Crippen LogP contribution in [0.15, 0.2) is 48.5 Å². The third-order valence-electron chi connectivity index (χ3n) is 5.29. The number of benzene rings is 2. The normalized spacial score (nSPS) is 12.6. The largest absolute Gasteiger partial charge is 0.444 e. The first-order valence-corrected chi connectivity index (χ1v) is 12.3. The van der Waals surface area contributed by atoms with Gasteiger partial charge in [0.2, 0.25) is 11.8 Å². The van der Waals surface area contributed by atoms with E-state index in [-0.39, 0.29) is 18.8 Å². The predicted molar refractivity (Wildman–Crippen MR) is 141 cm³/mol. The molecule has 2 atom stereocenters. The lowest BCUT2D eigenvalue weighted by Crippen LogP contribution is -2.54. The van der Waals surface area contributed by atoms with E-state index >= 15 is 0 Å². The summed E-state index contributed by atoms with van der Waals surface area (Å²) in [6.45, 7) is 8.79. The van der Waals surface area contributed by atoms with Crippen LogP contribution in [-0.4, -0.2) is 46.7 Å². The van der Waals surface area contributed by atoms with Gasteiger partial charge >= 0.3 is 6.09 Å². The molecule has 0 radical (unpaired) electrons. The van der Waals surface area contributed by atoms with E-state index in [9.17, 15) is 19.6 Å². The Kier molecular flexibility index (Phi) is 10.4. The Hall–Kier alpha value is -3.51. The molecule has 8 nitrogen and oxygen atoms in total. The van der Waals surface area contributed by atoms with E-state index < -0.39 is 35.6 Å². The molecule has 0 aliphatic heterocycles. The highest BCUT2D eigenvalue weighted by atomic mass is 32.1. The van der Waals surface area contributed by atoms with Gasteiger partial charge < -0.3 is 20.3 Å². The van der Waals surface area contributed by atoms with E-state index in [1.54, 1.807) is 26.8 Å². The third-order valence-corrected chi connectivity index (χ3v) is 5.65. The van der Waals surface area contributed by atoms with Crippen molar-refractivity contribution in [1.82, 2.24) is 15.5 Å². The molecule has 0 bridgehead atoms. The highest BCUT2D eigenvalue weighted by molar-refractivity contribution is 7.80. The third kappa shape index (κ3) is 8.31. The highest BCUT2D eigenvalue weighted by Gasteiger charge is 2.36. The summed E-state index contributed by atoms with van der Waals surface area (Å²) in [5.41, 5.74) is 2.51. The molecule has 2 unspecified atom stereocenters. The molecule has 3 amide bonds. The molecule has 2 N–H and O–H groups in total. The van der Waals surface area contributed by atoms with Crippen LogP contribution in [0.25, 0.3) is 0 Å². The number of nitrogens with one attached hydrogen (secondary N) is 2. The van der Waals surface area contributed by atoms with Crippen LogP contribution in [-0.2, 0) is 20.9 Å². The van der Waals surface area contributed by atoms with Crippen LogP contribution in [0.1, 0.15) is 49.1 Å². The number of nitrogens with zero attached hydrogens (tertiary/aromatic N) is 2. The molecule has 0 aliphatic carbocycles. The van der Waals surface area contributed by atoms with Crippen molar-refractivity contribution >= 4 is 30.5 Å². The van der Waals surface area contributed by atoms with Gasteiger partial charge in [0.15, 0.2) is 0 Å². The second-order valence-electron chi connectivity index (χ2n) is 9.47. The van der Waals surface area contributed by atoms with E-state index in [1.165, 1.54) is 4.90 Å². The molecule has 0 saturated heterocycles. The number of ether oxygens (including phenoxy) is 1. The zero-order valence-corrected chi connectivity index (χ0v) is 22.3. The maximum Gasteiger partial charge on any atom is 0.408 e. The number of rotatable bonds is 9. The molecule has 2 aromatic carbocycles. The van der Waals surface area contributed by atoms with Crippen molar-refractivity contribution in [2.45, 2.75) is 58.8 Å². The zero-order valence-electron chi connectivity index (χ0n) is 21.4. The lowest BCUT2D eigenvalue weighted by atomic mass is 9.96. The summed E-state index contributed by atoms with van der Waals surface area (Å²) in [5, 5.41) is 15.0. The van der Waals surface area contributed by atoms with Crippen molar-refractivity contribution in [2.75, 3.05) is 12.3 Å². The fraction of sp³-hybridized carbons (Fsp3) is 0.407. The first-order valence-electron chi connectivity index (χ1n) is 11.6. The lowest BCUT2D eigenvalue weighted by molar-refractivity contribution is -0.141. The number of nitriles is 1. The number of aryl methyl sites for hydroxylation is 2. The summed E-state index contributed by atoms with van der Waals surface area (Å²) in [4.78, 5) is 40.7. The van der Waals surface area contributed by atoms with Gasteiger partial charge in [-0.15, -0.1) is 0 Å². The Balaban J connectivity index is 2.42. The van der Waals surface area contributed by atoms with Gasteiger partial charge in [-0.25, -0.2) is 4.79 Å². The standard InChI is InChI=1S/C27H34N4O4S/c1-18-11-12-21(19(2)15-18)23(24(32)29-16-20-9-7-6-8-10-20)31(14-13-28)25(33)22(17-36)30-26(34)35-27(3,4)5/h6-12,15,22-23,36H,14,16-17H2,1-5H3,(H,29,32)(H,30,34). The van der Waals surface area contributed by atoms with Gasteiger partial charge in [-0.05, 0) is 51.3 Å². The van der Waals surface area contributed by atoms with Gasteiger partial charge in [0, 0.05) is 12.3 Å². The highest BCUT2D eigenvalue weighted by Crippen LogP contribution is 2.26. The molecule has 9 heteroatoms. The van der Waals surface area contributed by atoms with Crippen LogP contribution in [0.5, 0.6) is 0 Å². The molecule has 2 aromatic rings. The van der Waals surface area contributed by atoms with Crippen LogP contribution < -0.4 is 10.6 Å². The van der Waals surface area contributed by atoms with Crippen LogP contribution in [0.3, 0.4) is 0 Å². The average molecular weight is 511 g/mol.